The number of aliphatic hydroxyl groups is 15. The minimum absolute atomic E-state index is 0.0265. The number of fused-ring (bicyclic) bond motifs is 6. The molecule has 26 nitrogen and oxygen atoms in total. The van der Waals surface area contributed by atoms with E-state index in [4.69, 9.17) is 47.4 Å². The molecule has 0 spiro atoms. The van der Waals surface area contributed by atoms with Crippen molar-refractivity contribution in [3.05, 3.63) is 12.2 Å². The summed E-state index contributed by atoms with van der Waals surface area (Å²) in [6, 6.07) is 0. The third kappa shape index (κ3) is 10.7. The molecule has 0 aromatic rings. The van der Waals surface area contributed by atoms with Crippen LogP contribution in [0.3, 0.4) is 0 Å². The Morgan fingerprint density at radius 1 is 0.561 bits per heavy atom. The lowest BCUT2D eigenvalue weighted by Gasteiger charge is -2.68. The van der Waals surface area contributed by atoms with Gasteiger partial charge in [-0.3, -0.25) is 4.79 Å². The molecule has 0 aromatic heterocycles. The van der Waals surface area contributed by atoms with Gasteiger partial charge in [-0.15, -0.1) is 0 Å². The van der Waals surface area contributed by atoms with E-state index < -0.39 is 213 Å². The van der Waals surface area contributed by atoms with Gasteiger partial charge in [-0.2, -0.15) is 0 Å². The number of ether oxygens (including phenoxy) is 10. The van der Waals surface area contributed by atoms with E-state index in [1.807, 2.05) is 13.8 Å². The molecule has 82 heavy (non-hydrogen) atoms. The largest absolute Gasteiger partial charge is 0.432 e. The normalized spacial score (nSPS) is 55.3. The molecule has 26 heteroatoms. The van der Waals surface area contributed by atoms with E-state index in [0.29, 0.717) is 44.9 Å². The van der Waals surface area contributed by atoms with Gasteiger partial charge in [0, 0.05) is 5.92 Å². The molecule has 6 heterocycles. The van der Waals surface area contributed by atoms with Gasteiger partial charge in [-0.05, 0) is 107 Å². The number of rotatable bonds is 15. The summed E-state index contributed by atoms with van der Waals surface area (Å²) in [7, 11) is 0. The molecule has 0 amide bonds. The highest BCUT2D eigenvalue weighted by Gasteiger charge is 2.71. The first-order valence-electron chi connectivity index (χ1n) is 29.2. The van der Waals surface area contributed by atoms with E-state index in [1.165, 1.54) is 13.8 Å². The fraction of sp³-hybridized carbons (Fsp3) is 0.946. The molecule has 472 valence electrons. The topological polar surface area (TPSA) is 413 Å². The zero-order chi connectivity index (χ0) is 60.1. The molecule has 4 aliphatic carbocycles. The first-order chi connectivity index (χ1) is 38.4. The summed E-state index contributed by atoms with van der Waals surface area (Å²) >= 11 is 0. The quantitative estimate of drug-likeness (QED) is 0.0554. The maximum absolute atomic E-state index is 15.1. The van der Waals surface area contributed by atoms with Crippen molar-refractivity contribution in [2.24, 2.45) is 33.5 Å². The molecule has 2 bridgehead atoms. The first-order valence-corrected chi connectivity index (χ1v) is 29.2. The average molecular weight is 1180 g/mol. The number of carbonyl (C=O) groups excluding carboxylic acids is 1. The molecule has 32 unspecified atom stereocenters. The molecule has 4 saturated carbocycles. The average Bonchev–Trinajstić information content (AvgIpc) is 2.59. The summed E-state index contributed by atoms with van der Waals surface area (Å²) < 4.78 is 61.7. The molecular weight excluding hydrogens is 1090 g/mol. The van der Waals surface area contributed by atoms with Crippen molar-refractivity contribution in [3.8, 4) is 0 Å². The van der Waals surface area contributed by atoms with Crippen LogP contribution in [-0.4, -0.2) is 274 Å². The van der Waals surface area contributed by atoms with Crippen molar-refractivity contribution >= 4 is 5.97 Å². The Hall–Kier alpha value is -1.75. The monoisotopic (exact) mass is 1180 g/mol. The molecule has 6 saturated heterocycles. The number of hydrogen-bond donors (Lipinski definition) is 15. The molecule has 32 atom stereocenters. The number of esters is 1. The Bertz CT molecular complexity index is 2230. The first kappa shape index (κ1) is 64.7. The van der Waals surface area contributed by atoms with Gasteiger partial charge in [0.15, 0.2) is 18.7 Å². The maximum atomic E-state index is 15.1. The third-order valence-electron chi connectivity index (χ3n) is 22.0. The van der Waals surface area contributed by atoms with Gasteiger partial charge < -0.3 is 124 Å². The Morgan fingerprint density at radius 3 is 1.73 bits per heavy atom. The summed E-state index contributed by atoms with van der Waals surface area (Å²) in [6.07, 6.45) is -31.6. The molecule has 0 radical (unpaired) electrons. The zero-order valence-electron chi connectivity index (χ0n) is 47.8. The zero-order valence-corrected chi connectivity index (χ0v) is 47.8. The van der Waals surface area contributed by atoms with E-state index in [2.05, 4.69) is 27.4 Å². The number of hydrogen-bond acceptors (Lipinski definition) is 26. The van der Waals surface area contributed by atoms with Crippen molar-refractivity contribution in [2.75, 3.05) is 33.0 Å². The Kier molecular flexibility index (Phi) is 18.9. The minimum Gasteiger partial charge on any atom is -0.432 e. The smallest absolute Gasteiger partial charge is 0.314 e. The number of carbonyl (C=O) groups is 1. The summed E-state index contributed by atoms with van der Waals surface area (Å²) in [6.45, 7) is 15.0. The molecule has 15 N–H and O–H groups in total. The molecule has 10 rings (SSSR count). The SMILES string of the molecule is C=C1CC2(C)CCC3(C)C(C)(C(=O)OC4OC(CO)C(O)C(O)C4OC4OC(C)C(O)C(O)C4O)CCCC3(C)C2CCC1(C)OCC1OC(CO)C2(OCC3OC(C)C(O)C(O)C3O)CC(C1OC1OC(CO)C(O)C(O)C1O)C2O. The molecule has 0 aromatic carbocycles. The van der Waals surface area contributed by atoms with Gasteiger partial charge in [-0.25, -0.2) is 0 Å². The Morgan fingerprint density at radius 2 is 1.11 bits per heavy atom. The van der Waals surface area contributed by atoms with Crippen LogP contribution in [0.25, 0.3) is 0 Å². The minimum atomic E-state index is -1.83. The van der Waals surface area contributed by atoms with Crippen molar-refractivity contribution in [1.29, 1.82) is 0 Å². The van der Waals surface area contributed by atoms with E-state index in [-0.39, 0.29) is 24.4 Å². The predicted octanol–water partition coefficient (Wildman–Crippen LogP) is -3.73. The lowest BCUT2D eigenvalue weighted by Crippen LogP contribution is -2.69. The van der Waals surface area contributed by atoms with Crippen LogP contribution in [-0.2, 0) is 52.2 Å². The van der Waals surface area contributed by atoms with Crippen LogP contribution in [0, 0.1) is 33.5 Å². The Balaban J connectivity index is 0.948. The second-order valence-corrected chi connectivity index (χ2v) is 26.5. The summed E-state index contributed by atoms with van der Waals surface area (Å²) in [4.78, 5) is 15.1. The lowest BCUT2D eigenvalue weighted by atomic mass is 9.36. The third-order valence-corrected chi connectivity index (χ3v) is 22.0. The molecule has 6 aliphatic heterocycles. The fourth-order valence-electron chi connectivity index (χ4n) is 16.0. The van der Waals surface area contributed by atoms with Crippen LogP contribution in [0.15, 0.2) is 12.2 Å². The van der Waals surface area contributed by atoms with Crippen LogP contribution in [0.1, 0.15) is 106 Å². The van der Waals surface area contributed by atoms with E-state index in [9.17, 15) is 76.6 Å². The second kappa shape index (κ2) is 24.0. The van der Waals surface area contributed by atoms with Crippen molar-refractivity contribution in [3.63, 3.8) is 0 Å². The lowest BCUT2D eigenvalue weighted by molar-refractivity contribution is -0.361. The molecule has 10 fully saturated rings. The van der Waals surface area contributed by atoms with Gasteiger partial charge >= 0.3 is 5.97 Å². The Labute approximate surface area is 476 Å². The maximum Gasteiger partial charge on any atom is 0.314 e. The number of aliphatic hydroxyl groups excluding tert-OH is 15. The van der Waals surface area contributed by atoms with Crippen LogP contribution in [0.4, 0.5) is 0 Å². The van der Waals surface area contributed by atoms with Gasteiger partial charge in [0.2, 0.25) is 6.29 Å². The second-order valence-electron chi connectivity index (χ2n) is 26.5. The van der Waals surface area contributed by atoms with Gasteiger partial charge in [0.25, 0.3) is 0 Å². The van der Waals surface area contributed by atoms with Crippen LogP contribution < -0.4 is 0 Å². The summed E-state index contributed by atoms with van der Waals surface area (Å²) in [5.41, 5.74) is -4.80. The highest BCUT2D eigenvalue weighted by Crippen LogP contribution is 2.74. The van der Waals surface area contributed by atoms with E-state index >= 15 is 4.79 Å². The van der Waals surface area contributed by atoms with Gasteiger partial charge in [-0.1, -0.05) is 33.8 Å². The highest BCUT2D eigenvalue weighted by atomic mass is 16.8. The van der Waals surface area contributed by atoms with Crippen LogP contribution in [0.2, 0.25) is 0 Å². The van der Waals surface area contributed by atoms with E-state index in [0.717, 1.165) is 12.0 Å². The van der Waals surface area contributed by atoms with Gasteiger partial charge in [0.1, 0.15) is 103 Å². The molecular formula is C56H92O26. The van der Waals surface area contributed by atoms with Crippen LogP contribution in [0.5, 0.6) is 0 Å². The van der Waals surface area contributed by atoms with Crippen LogP contribution >= 0.6 is 0 Å². The fourth-order valence-corrected chi connectivity index (χ4v) is 16.0. The van der Waals surface area contributed by atoms with Gasteiger partial charge in [0.05, 0.1) is 68.5 Å². The predicted molar refractivity (Wildman–Crippen MR) is 277 cm³/mol. The van der Waals surface area contributed by atoms with E-state index in [1.54, 1.807) is 0 Å². The van der Waals surface area contributed by atoms with Crippen molar-refractivity contribution < 1.29 is 129 Å². The molecule has 10 aliphatic rings. The standard InChI is InChI=1S/C56H92O26/c1-23-16-51(4)14-15-55(8)52(5,11-9-12-53(55,6)50(72)82-49-45(41(68)36(63)28(19-58)79-49)81-47-42(69)39(66)34(61)25(3)76-47)31(51)10-13-54(23,7)73-22-30-44(80-48-43(70)40(67)35(62)27(18-57)78-48)26-17-56(46(26)71,32(20-59)77-30)74-21-29-37(64)38(65)33(60)24(2)75-29/h24-49,57-71H,1,9-22H2,2-8H3. The van der Waals surface area contributed by atoms with Crippen molar-refractivity contribution in [1.82, 2.24) is 0 Å². The highest BCUT2D eigenvalue weighted by molar-refractivity contribution is 5.78. The van der Waals surface area contributed by atoms with Crippen molar-refractivity contribution in [2.45, 2.75) is 265 Å². The summed E-state index contributed by atoms with van der Waals surface area (Å²) in [5.74, 6) is -1.61. The summed E-state index contributed by atoms with van der Waals surface area (Å²) in [5, 5.41) is 162.